The summed E-state index contributed by atoms with van der Waals surface area (Å²) in [5.41, 5.74) is 6.82. The second-order valence-electron chi connectivity index (χ2n) is 10.4. The lowest BCUT2D eigenvalue weighted by Crippen LogP contribution is -2.29. The molecule has 0 aromatic heterocycles. The molecule has 4 heteroatoms. The van der Waals surface area contributed by atoms with Gasteiger partial charge in [-0.05, 0) is 91.3 Å². The zero-order valence-corrected chi connectivity index (χ0v) is 25.3. The number of rotatable bonds is 20. The Balaban J connectivity index is 2.57. The molecule has 0 atom stereocenters. The number of nitrogens with zero attached hydrogens (tertiary/aromatic N) is 1. The molecule has 0 aliphatic carbocycles. The van der Waals surface area contributed by atoms with Crippen LogP contribution >= 0.6 is 0 Å². The first-order chi connectivity index (χ1) is 18.2. The SMILES string of the molecule is C=CCc1ccc(OCCOCCN(C/C=C(\C)CCC=C(C)C)C/C=C(\C)CCC=C(C)C)c(OC)c1. The highest BCUT2D eigenvalue weighted by molar-refractivity contribution is 5.43. The Hall–Kier alpha value is -2.56. The first-order valence-corrected chi connectivity index (χ1v) is 14.0. The fourth-order valence-corrected chi connectivity index (χ4v) is 3.84. The van der Waals surface area contributed by atoms with Gasteiger partial charge in [0.1, 0.15) is 6.61 Å². The summed E-state index contributed by atoms with van der Waals surface area (Å²) in [6.07, 6.45) is 16.5. The predicted molar refractivity (Wildman–Crippen MR) is 164 cm³/mol. The summed E-state index contributed by atoms with van der Waals surface area (Å²) >= 11 is 0. The maximum Gasteiger partial charge on any atom is 0.161 e. The van der Waals surface area contributed by atoms with Crippen molar-refractivity contribution in [2.75, 3.05) is 46.6 Å². The largest absolute Gasteiger partial charge is 0.493 e. The van der Waals surface area contributed by atoms with E-state index in [-0.39, 0.29) is 0 Å². The van der Waals surface area contributed by atoms with Crippen molar-refractivity contribution >= 4 is 0 Å². The molecule has 0 aliphatic rings. The standard InChI is InChI=1S/C34H53NO3/c1-9-12-32-17-18-33(34(27-32)36-8)38-26-25-37-24-23-35(21-19-30(6)15-10-13-28(2)3)22-20-31(7)16-11-14-29(4)5/h9,13-14,17-20,27H,1,10-12,15-16,21-26H2,2-8H3/b30-19+,31-20+. The molecule has 1 aromatic carbocycles. The van der Waals surface area contributed by atoms with Crippen molar-refractivity contribution in [3.05, 3.63) is 83.0 Å². The molecule has 4 nitrogen and oxygen atoms in total. The quantitative estimate of drug-likeness (QED) is 0.127. The smallest absolute Gasteiger partial charge is 0.161 e. The van der Waals surface area contributed by atoms with Crippen LogP contribution < -0.4 is 9.47 Å². The van der Waals surface area contributed by atoms with Gasteiger partial charge in [-0.25, -0.2) is 0 Å². The van der Waals surface area contributed by atoms with Crippen molar-refractivity contribution in [3.63, 3.8) is 0 Å². The first kappa shape index (κ1) is 33.5. The summed E-state index contributed by atoms with van der Waals surface area (Å²) in [5.74, 6) is 1.49. The van der Waals surface area contributed by atoms with Crippen LogP contribution in [0.2, 0.25) is 0 Å². The lowest BCUT2D eigenvalue weighted by molar-refractivity contribution is 0.0834. The van der Waals surface area contributed by atoms with E-state index in [1.54, 1.807) is 7.11 Å². The third-order valence-electron chi connectivity index (χ3n) is 6.22. The van der Waals surface area contributed by atoms with Crippen LogP contribution in [0.4, 0.5) is 0 Å². The second kappa shape index (κ2) is 20.4. The maximum atomic E-state index is 5.94. The van der Waals surface area contributed by atoms with E-state index in [4.69, 9.17) is 14.2 Å². The van der Waals surface area contributed by atoms with Crippen LogP contribution in [0.1, 0.15) is 72.8 Å². The molecule has 0 heterocycles. The predicted octanol–water partition coefficient (Wildman–Crippen LogP) is 8.51. The number of methoxy groups -OCH3 is 1. The van der Waals surface area contributed by atoms with E-state index in [1.807, 2.05) is 24.3 Å². The van der Waals surface area contributed by atoms with Crippen LogP contribution in [-0.2, 0) is 11.2 Å². The van der Waals surface area contributed by atoms with E-state index in [2.05, 4.69) is 77.3 Å². The number of ether oxygens (including phenoxy) is 3. The van der Waals surface area contributed by atoms with Crippen molar-refractivity contribution in [2.45, 2.75) is 73.6 Å². The van der Waals surface area contributed by atoms with Gasteiger partial charge in [0, 0.05) is 19.6 Å². The molecule has 0 radical (unpaired) electrons. The fraction of sp³-hybridized carbons (Fsp3) is 0.529. The Morgan fingerprint density at radius 3 is 1.92 bits per heavy atom. The Bertz CT molecular complexity index is 891. The van der Waals surface area contributed by atoms with E-state index < -0.39 is 0 Å². The van der Waals surface area contributed by atoms with Crippen LogP contribution in [0.25, 0.3) is 0 Å². The normalized spacial score (nSPS) is 11.9. The first-order valence-electron chi connectivity index (χ1n) is 14.0. The van der Waals surface area contributed by atoms with Crippen molar-refractivity contribution in [2.24, 2.45) is 0 Å². The fourth-order valence-electron chi connectivity index (χ4n) is 3.84. The van der Waals surface area contributed by atoms with E-state index in [1.165, 1.54) is 22.3 Å². The van der Waals surface area contributed by atoms with Crippen molar-refractivity contribution in [1.29, 1.82) is 0 Å². The van der Waals surface area contributed by atoms with Crippen LogP contribution in [-0.4, -0.2) is 51.5 Å². The Kier molecular flexibility index (Phi) is 18.0. The number of allylic oxidation sites excluding steroid dienone is 7. The number of hydrogen-bond donors (Lipinski definition) is 0. The van der Waals surface area contributed by atoms with Crippen molar-refractivity contribution < 1.29 is 14.2 Å². The highest BCUT2D eigenvalue weighted by Gasteiger charge is 2.06. The van der Waals surface area contributed by atoms with E-state index in [9.17, 15) is 0 Å². The molecule has 0 unspecified atom stereocenters. The topological polar surface area (TPSA) is 30.9 Å². The molecular formula is C34H53NO3. The zero-order chi connectivity index (χ0) is 28.2. The highest BCUT2D eigenvalue weighted by Crippen LogP contribution is 2.28. The Morgan fingerprint density at radius 2 is 1.39 bits per heavy atom. The van der Waals surface area contributed by atoms with E-state index in [0.717, 1.165) is 68.8 Å². The number of hydrogen-bond acceptors (Lipinski definition) is 4. The van der Waals surface area contributed by atoms with Crippen LogP contribution in [0.5, 0.6) is 11.5 Å². The zero-order valence-electron chi connectivity index (χ0n) is 25.3. The highest BCUT2D eigenvalue weighted by atomic mass is 16.5. The van der Waals surface area contributed by atoms with Crippen LogP contribution in [0.3, 0.4) is 0 Å². The third kappa shape index (κ3) is 16.3. The lowest BCUT2D eigenvalue weighted by atomic mass is 10.1. The minimum Gasteiger partial charge on any atom is -0.493 e. The van der Waals surface area contributed by atoms with Crippen LogP contribution in [0.15, 0.2) is 77.5 Å². The average Bonchev–Trinajstić information content (AvgIpc) is 2.87. The van der Waals surface area contributed by atoms with Gasteiger partial charge in [0.2, 0.25) is 0 Å². The average molecular weight is 524 g/mol. The molecule has 1 aromatic rings. The lowest BCUT2D eigenvalue weighted by Gasteiger charge is -2.20. The molecule has 0 spiro atoms. The minimum absolute atomic E-state index is 0.490. The van der Waals surface area contributed by atoms with Gasteiger partial charge in [-0.15, -0.1) is 6.58 Å². The molecule has 0 N–H and O–H groups in total. The molecule has 1 rings (SSSR count). The van der Waals surface area contributed by atoms with Gasteiger partial charge in [-0.2, -0.15) is 0 Å². The molecule has 0 bridgehead atoms. The van der Waals surface area contributed by atoms with Gasteiger partial charge < -0.3 is 14.2 Å². The molecule has 0 saturated heterocycles. The summed E-state index contributed by atoms with van der Waals surface area (Å²) in [7, 11) is 1.67. The Morgan fingerprint density at radius 1 is 0.789 bits per heavy atom. The van der Waals surface area contributed by atoms with E-state index >= 15 is 0 Å². The Labute approximate surface area is 233 Å². The molecular weight excluding hydrogens is 470 g/mol. The minimum atomic E-state index is 0.490. The van der Waals surface area contributed by atoms with Crippen LogP contribution in [0, 0.1) is 0 Å². The molecule has 0 amide bonds. The van der Waals surface area contributed by atoms with Gasteiger partial charge in [0.05, 0.1) is 20.3 Å². The van der Waals surface area contributed by atoms with E-state index in [0.29, 0.717) is 19.8 Å². The summed E-state index contributed by atoms with van der Waals surface area (Å²) < 4.78 is 17.3. The van der Waals surface area contributed by atoms with Gasteiger partial charge in [0.15, 0.2) is 11.5 Å². The number of benzene rings is 1. The molecule has 0 aliphatic heterocycles. The van der Waals surface area contributed by atoms with Crippen molar-refractivity contribution in [3.8, 4) is 11.5 Å². The maximum absolute atomic E-state index is 5.94. The molecule has 0 fully saturated rings. The summed E-state index contributed by atoms with van der Waals surface area (Å²) in [4.78, 5) is 2.46. The van der Waals surface area contributed by atoms with Gasteiger partial charge in [-0.1, -0.05) is 58.7 Å². The molecule has 38 heavy (non-hydrogen) atoms. The summed E-state index contributed by atoms with van der Waals surface area (Å²) in [6, 6.07) is 6.00. The second-order valence-corrected chi connectivity index (χ2v) is 10.4. The third-order valence-corrected chi connectivity index (χ3v) is 6.22. The van der Waals surface area contributed by atoms with Gasteiger partial charge >= 0.3 is 0 Å². The monoisotopic (exact) mass is 523 g/mol. The molecule has 0 saturated carbocycles. The van der Waals surface area contributed by atoms with Gasteiger partial charge in [-0.3, -0.25) is 4.90 Å². The summed E-state index contributed by atoms with van der Waals surface area (Å²) in [5, 5.41) is 0. The summed E-state index contributed by atoms with van der Waals surface area (Å²) in [6.45, 7) is 21.4. The van der Waals surface area contributed by atoms with Crippen molar-refractivity contribution in [1.82, 2.24) is 4.90 Å². The van der Waals surface area contributed by atoms with Gasteiger partial charge in [0.25, 0.3) is 0 Å². The molecule has 212 valence electrons.